The quantitative estimate of drug-likeness (QED) is 0.112. The molecule has 69 heavy (non-hydrogen) atoms. The molecule has 345 valence electrons. The number of para-hydroxylation sites is 3. The molecule has 11 rings (SSSR count). The van der Waals surface area contributed by atoms with E-state index in [1.165, 1.54) is 47.6 Å². The van der Waals surface area contributed by atoms with Gasteiger partial charge in [0.1, 0.15) is 0 Å². The molecule has 0 atom stereocenters. The molecule has 11 aromatic rings. The van der Waals surface area contributed by atoms with Gasteiger partial charge in [0, 0.05) is 39.4 Å². The van der Waals surface area contributed by atoms with Crippen LogP contribution in [0, 0.1) is 18.1 Å². The Balaban J connectivity index is 0.000000189. The van der Waals surface area contributed by atoms with Crippen LogP contribution in [-0.2, 0) is 31.9 Å². The fourth-order valence-electron chi connectivity index (χ4n) is 9.30. The number of imidazole rings is 1. The SMILES string of the molecule is CC(C)(C)c1ccccc1-n1c(-c2[c-]cc3sc4cc(-c5cccc6ccccc56)ccc4c3c2)nc2ccccc21.[2H]C([2H])(c1cc(-c2[c-]ccc(-c3ccccc3)c2)ncc1[Si](C)(C)C)C(C)C.[Ir]. The summed E-state index contributed by atoms with van der Waals surface area (Å²) in [6.07, 6.45) is 0.504. The molecule has 0 spiro atoms. The first kappa shape index (κ1) is 45.2. The first-order valence-corrected chi connectivity index (χ1v) is 27.9. The van der Waals surface area contributed by atoms with Crippen molar-refractivity contribution in [3.8, 4) is 50.6 Å². The summed E-state index contributed by atoms with van der Waals surface area (Å²) < 4.78 is 22.3. The van der Waals surface area contributed by atoms with E-state index in [4.69, 9.17) is 12.7 Å². The monoisotopic (exact) mass is 1110 g/mol. The Hall–Kier alpha value is -6.27. The van der Waals surface area contributed by atoms with Crippen LogP contribution in [0.4, 0.5) is 0 Å². The van der Waals surface area contributed by atoms with Gasteiger partial charge in [-0.3, -0.25) is 4.98 Å². The van der Waals surface area contributed by atoms with Gasteiger partial charge >= 0.3 is 0 Å². The molecule has 6 heteroatoms. The third kappa shape index (κ3) is 9.82. The molecule has 8 aromatic carbocycles. The van der Waals surface area contributed by atoms with Crippen molar-refractivity contribution >= 4 is 66.6 Å². The molecule has 0 amide bonds. The number of aromatic nitrogens is 3. The molecule has 0 fully saturated rings. The van der Waals surface area contributed by atoms with Crippen LogP contribution in [0.15, 0.2) is 182 Å². The van der Waals surface area contributed by atoms with Crippen molar-refractivity contribution in [2.45, 2.75) is 66.0 Å². The van der Waals surface area contributed by atoms with Gasteiger partial charge in [-0.25, -0.2) is 0 Å². The second-order valence-corrected chi connectivity index (χ2v) is 26.1. The van der Waals surface area contributed by atoms with Gasteiger partial charge in [0.2, 0.25) is 0 Å². The molecule has 0 N–H and O–H groups in total. The van der Waals surface area contributed by atoms with Crippen molar-refractivity contribution < 1.29 is 22.8 Å². The summed E-state index contributed by atoms with van der Waals surface area (Å²) >= 11 is 1.83. The summed E-state index contributed by atoms with van der Waals surface area (Å²) in [5.74, 6) is 0.805. The van der Waals surface area contributed by atoms with Gasteiger partial charge in [-0.2, -0.15) is 11.3 Å². The number of thiophene rings is 1. The molecule has 0 unspecified atom stereocenters. The number of fused-ring (bicyclic) bond motifs is 5. The molecule has 3 nitrogen and oxygen atoms in total. The van der Waals surface area contributed by atoms with E-state index in [-0.39, 0.29) is 31.4 Å². The topological polar surface area (TPSA) is 30.7 Å². The minimum atomic E-state index is -1.73. The van der Waals surface area contributed by atoms with Crippen molar-refractivity contribution in [1.29, 1.82) is 0 Å². The van der Waals surface area contributed by atoms with Crippen LogP contribution in [0.25, 0.3) is 92.6 Å². The van der Waals surface area contributed by atoms with Crippen LogP contribution in [0.5, 0.6) is 0 Å². The van der Waals surface area contributed by atoms with Gasteiger partial charge in [-0.1, -0.05) is 187 Å². The Morgan fingerprint density at radius 2 is 1.41 bits per heavy atom. The van der Waals surface area contributed by atoms with E-state index in [1.807, 2.05) is 67.8 Å². The van der Waals surface area contributed by atoms with Gasteiger partial charge in [0.25, 0.3) is 0 Å². The van der Waals surface area contributed by atoms with E-state index < -0.39 is 14.4 Å². The molecule has 1 radical (unpaired) electrons. The van der Waals surface area contributed by atoms with Crippen LogP contribution < -0.4 is 5.19 Å². The molecule has 0 aliphatic rings. The smallest absolute Gasteiger partial charge is 0.0798 e. The number of nitrogens with zero attached hydrogens (tertiary/aromatic N) is 3. The Labute approximate surface area is 429 Å². The first-order chi connectivity index (χ1) is 33.6. The number of hydrogen-bond acceptors (Lipinski definition) is 3. The van der Waals surface area contributed by atoms with Crippen molar-refractivity contribution in [2.75, 3.05) is 0 Å². The molecule has 0 bridgehead atoms. The third-order valence-corrected chi connectivity index (χ3v) is 15.7. The van der Waals surface area contributed by atoms with Crippen LogP contribution >= 0.6 is 11.3 Å². The van der Waals surface area contributed by atoms with Gasteiger partial charge in [0.15, 0.2) is 0 Å². The van der Waals surface area contributed by atoms with E-state index in [1.54, 1.807) is 0 Å². The minimum absolute atomic E-state index is 0. The van der Waals surface area contributed by atoms with Crippen LogP contribution in [0.1, 0.15) is 48.5 Å². The Kier molecular flexibility index (Phi) is 12.8. The largest absolute Gasteiger partial charge is 0.333 e. The zero-order valence-corrected chi connectivity index (χ0v) is 44.7. The zero-order chi connectivity index (χ0) is 49.0. The summed E-state index contributed by atoms with van der Waals surface area (Å²) in [7, 11) is -1.73. The molecule has 0 saturated heterocycles. The van der Waals surface area contributed by atoms with Crippen molar-refractivity contribution in [2.24, 2.45) is 5.92 Å². The van der Waals surface area contributed by atoms with Crippen molar-refractivity contribution in [3.05, 3.63) is 205 Å². The zero-order valence-electron chi connectivity index (χ0n) is 42.5. The van der Waals surface area contributed by atoms with Crippen LogP contribution in [0.2, 0.25) is 19.6 Å². The average molecular weight is 1110 g/mol. The number of pyridine rings is 1. The van der Waals surface area contributed by atoms with Gasteiger partial charge in [-0.05, 0) is 96.0 Å². The maximum atomic E-state index is 8.73. The summed E-state index contributed by atoms with van der Waals surface area (Å²) in [5, 5.41) is 6.16. The summed E-state index contributed by atoms with van der Waals surface area (Å²) in [4.78, 5) is 9.89. The molecule has 3 aromatic heterocycles. The Morgan fingerprint density at radius 1 is 0.667 bits per heavy atom. The molecule has 3 heterocycles. The minimum Gasteiger partial charge on any atom is -0.333 e. The summed E-state index contributed by atoms with van der Waals surface area (Å²) in [6.45, 7) is 17.4. The van der Waals surface area contributed by atoms with Gasteiger partial charge in [0.05, 0.1) is 24.9 Å². The molecular formula is C63H57IrN3SSi-2. The van der Waals surface area contributed by atoms with E-state index in [0.717, 1.165) is 61.2 Å². The molecule has 0 saturated carbocycles. The predicted octanol–water partition coefficient (Wildman–Crippen LogP) is 16.9. The standard InChI is InChI=1S/C39H29N2S.C24H28NSi.Ir/c1-39(2,3)32-15-6-8-17-34(32)41-35-18-9-7-16-33(35)40-38(41)27-20-22-36-31(23-27)30-21-19-26(24-37(30)42-36)29-14-10-12-25-11-4-5-13-28(25)29;1-18(2)14-22-16-23(25-17-24(22)26(3,4)5)21-13-9-12-20(15-21)19-10-7-6-8-11-19;/h4-19,21-24H,1-3H3;6-12,15-18H,14H2,1-5H3;/q2*-1;/i;14D2;. The molecule has 0 aliphatic heterocycles. The van der Waals surface area contributed by atoms with Crippen LogP contribution in [0.3, 0.4) is 0 Å². The van der Waals surface area contributed by atoms with E-state index in [0.29, 0.717) is 0 Å². The second-order valence-electron chi connectivity index (χ2n) is 20.0. The predicted molar refractivity (Wildman–Crippen MR) is 295 cm³/mol. The Bertz CT molecular complexity index is 3710. The van der Waals surface area contributed by atoms with Crippen molar-refractivity contribution in [1.82, 2.24) is 14.5 Å². The van der Waals surface area contributed by atoms with Gasteiger partial charge in [-0.15, -0.1) is 59.2 Å². The van der Waals surface area contributed by atoms with E-state index >= 15 is 0 Å². The maximum absolute atomic E-state index is 8.73. The average Bonchev–Trinajstić information content (AvgIpc) is 3.94. The molecule has 0 aliphatic carbocycles. The fourth-order valence-corrected chi connectivity index (χ4v) is 11.8. The molecular weight excluding hydrogens is 1050 g/mol. The Morgan fingerprint density at radius 3 is 2.20 bits per heavy atom. The van der Waals surface area contributed by atoms with E-state index in [2.05, 4.69) is 197 Å². The number of benzene rings is 8. The summed E-state index contributed by atoms with van der Waals surface area (Å²) in [6, 6.07) is 68.8. The van der Waals surface area contributed by atoms with E-state index in [9.17, 15) is 0 Å². The van der Waals surface area contributed by atoms with Crippen molar-refractivity contribution in [3.63, 3.8) is 0 Å². The maximum Gasteiger partial charge on any atom is 0.0798 e. The number of hydrogen-bond donors (Lipinski definition) is 0. The fraction of sp³-hybridized carbons (Fsp3) is 0.175. The number of rotatable bonds is 8. The van der Waals surface area contributed by atoms with Crippen LogP contribution in [-0.4, -0.2) is 22.6 Å². The van der Waals surface area contributed by atoms with Gasteiger partial charge < -0.3 is 9.55 Å². The first-order valence-electron chi connectivity index (χ1n) is 24.6. The summed E-state index contributed by atoms with van der Waals surface area (Å²) in [5.41, 5.74) is 12.8. The normalized spacial score (nSPS) is 12.5. The second kappa shape index (κ2) is 19.6. The third-order valence-electron chi connectivity index (χ3n) is 12.6.